The Kier molecular flexibility index (Phi) is 11.4. The van der Waals surface area contributed by atoms with Gasteiger partial charge < -0.3 is 20.6 Å². The van der Waals surface area contributed by atoms with Crippen molar-refractivity contribution in [1.82, 2.24) is 0 Å². The highest BCUT2D eigenvalue weighted by atomic mass is 28.5. The molecule has 1 heterocycles. The van der Waals surface area contributed by atoms with Crippen LogP contribution >= 0.6 is 0 Å². The Morgan fingerprint density at radius 2 is 0.467 bits per heavy atom. The van der Waals surface area contributed by atoms with E-state index in [4.69, 9.17) is 20.6 Å². The SMILES string of the molecule is CCC[Si]1(C)O[Si](C)(CCC)O[Si](C)(CCC)O[Si](C)(CCC)O[Si](C)(CCC)O1. The van der Waals surface area contributed by atoms with E-state index in [1.807, 2.05) is 0 Å². The Morgan fingerprint density at radius 3 is 0.567 bits per heavy atom. The van der Waals surface area contributed by atoms with Gasteiger partial charge in [-0.05, 0) is 63.0 Å². The molecule has 0 aromatic carbocycles. The van der Waals surface area contributed by atoms with Crippen LogP contribution in [0.1, 0.15) is 66.7 Å². The minimum atomic E-state index is -2.43. The second-order valence-electron chi connectivity index (χ2n) is 9.93. The molecule has 0 atom stereocenters. The molecule has 180 valence electrons. The average Bonchev–Trinajstić information content (AvgIpc) is 2.52. The molecular formula is C20H50O5Si5. The maximum absolute atomic E-state index is 7.05. The fourth-order valence-electron chi connectivity index (χ4n) is 5.17. The summed E-state index contributed by atoms with van der Waals surface area (Å²) in [6.45, 7) is 22.5. The van der Waals surface area contributed by atoms with Crippen molar-refractivity contribution in [2.45, 2.75) is 130 Å². The van der Waals surface area contributed by atoms with Crippen LogP contribution < -0.4 is 0 Å². The molecule has 1 fully saturated rings. The zero-order valence-electron chi connectivity index (χ0n) is 21.6. The van der Waals surface area contributed by atoms with Crippen LogP contribution in [0.25, 0.3) is 0 Å². The van der Waals surface area contributed by atoms with Crippen LogP contribution in [0.4, 0.5) is 0 Å². The maximum Gasteiger partial charge on any atom is 0.317 e. The Labute approximate surface area is 192 Å². The quantitative estimate of drug-likeness (QED) is 0.285. The Balaban J connectivity index is 3.57. The van der Waals surface area contributed by atoms with E-state index in [-0.39, 0.29) is 0 Å². The number of hydrogen-bond donors (Lipinski definition) is 0. The lowest BCUT2D eigenvalue weighted by molar-refractivity contribution is 0.222. The third-order valence-corrected chi connectivity index (χ3v) is 30.0. The smallest absolute Gasteiger partial charge is 0.317 e. The Bertz CT molecular complexity index is 407. The largest absolute Gasteiger partial charge is 0.416 e. The van der Waals surface area contributed by atoms with Gasteiger partial charge in [-0.2, -0.15) is 0 Å². The van der Waals surface area contributed by atoms with E-state index in [2.05, 4.69) is 67.4 Å². The first-order chi connectivity index (χ1) is 13.8. The van der Waals surface area contributed by atoms with Crippen LogP contribution in [0.2, 0.25) is 63.0 Å². The molecule has 0 aliphatic carbocycles. The zero-order valence-corrected chi connectivity index (χ0v) is 26.6. The molecule has 0 saturated carbocycles. The minimum absolute atomic E-state index is 0.997. The molecule has 0 amide bonds. The third kappa shape index (κ3) is 8.67. The topological polar surface area (TPSA) is 46.2 Å². The fraction of sp³-hybridized carbons (Fsp3) is 1.00. The molecule has 0 bridgehead atoms. The second-order valence-corrected chi connectivity index (χ2v) is 27.8. The summed E-state index contributed by atoms with van der Waals surface area (Å²) in [7, 11) is -12.1. The summed E-state index contributed by atoms with van der Waals surface area (Å²) >= 11 is 0. The number of rotatable bonds is 10. The molecule has 1 saturated heterocycles. The van der Waals surface area contributed by atoms with E-state index in [1.165, 1.54) is 0 Å². The summed E-state index contributed by atoms with van der Waals surface area (Å²) in [6.07, 6.45) is 5.35. The molecule has 0 radical (unpaired) electrons. The Hall–Kier alpha value is 0.884. The Morgan fingerprint density at radius 1 is 0.333 bits per heavy atom. The lowest BCUT2D eigenvalue weighted by atomic mass is 10.6. The van der Waals surface area contributed by atoms with Gasteiger partial charge in [0.15, 0.2) is 0 Å². The third-order valence-electron chi connectivity index (χ3n) is 5.68. The first kappa shape index (κ1) is 28.9. The van der Waals surface area contributed by atoms with Gasteiger partial charge in [-0.15, -0.1) is 0 Å². The van der Waals surface area contributed by atoms with Crippen molar-refractivity contribution in [1.29, 1.82) is 0 Å². The molecule has 1 rings (SSSR count). The van der Waals surface area contributed by atoms with Crippen LogP contribution in [0.15, 0.2) is 0 Å². The summed E-state index contributed by atoms with van der Waals surface area (Å²) in [6, 6.07) is 4.99. The highest BCUT2D eigenvalue weighted by molar-refractivity contribution is 6.94. The van der Waals surface area contributed by atoms with Crippen molar-refractivity contribution in [2.24, 2.45) is 0 Å². The van der Waals surface area contributed by atoms with Crippen molar-refractivity contribution in [2.75, 3.05) is 0 Å². The van der Waals surface area contributed by atoms with E-state index >= 15 is 0 Å². The van der Waals surface area contributed by atoms with E-state index in [9.17, 15) is 0 Å². The van der Waals surface area contributed by atoms with Crippen LogP contribution in [0.3, 0.4) is 0 Å². The molecule has 1 aliphatic heterocycles. The van der Waals surface area contributed by atoms with Gasteiger partial charge in [-0.25, -0.2) is 0 Å². The lowest BCUT2D eigenvalue weighted by Crippen LogP contribution is -2.67. The van der Waals surface area contributed by atoms with Crippen molar-refractivity contribution in [3.05, 3.63) is 0 Å². The fourth-order valence-corrected chi connectivity index (χ4v) is 34.8. The van der Waals surface area contributed by atoms with Crippen molar-refractivity contribution >= 4 is 42.8 Å². The van der Waals surface area contributed by atoms with Gasteiger partial charge in [-0.1, -0.05) is 66.7 Å². The summed E-state index contributed by atoms with van der Waals surface area (Å²) < 4.78 is 35.3. The zero-order chi connectivity index (χ0) is 23.1. The first-order valence-corrected chi connectivity index (χ1v) is 25.0. The minimum Gasteiger partial charge on any atom is -0.416 e. The van der Waals surface area contributed by atoms with Crippen molar-refractivity contribution in [3.63, 3.8) is 0 Å². The summed E-state index contributed by atoms with van der Waals surface area (Å²) in [5, 5.41) is 0. The highest BCUT2D eigenvalue weighted by Crippen LogP contribution is 2.38. The standard InChI is InChI=1S/C20H50O5Si5/c1-11-16-26(6)21-27(7,17-12-2)23-29(9,19-14-4)25-30(10,20-15-5)24-28(8,22-26)18-13-3/h11-20H2,1-10H3. The summed E-state index contributed by atoms with van der Waals surface area (Å²) in [5.41, 5.74) is 0. The van der Waals surface area contributed by atoms with Gasteiger partial charge >= 0.3 is 42.8 Å². The van der Waals surface area contributed by atoms with Gasteiger partial charge in [0.25, 0.3) is 0 Å². The van der Waals surface area contributed by atoms with Crippen LogP contribution in [0, 0.1) is 0 Å². The molecule has 0 spiro atoms. The van der Waals surface area contributed by atoms with E-state index in [0.717, 1.165) is 62.3 Å². The monoisotopic (exact) mass is 510 g/mol. The van der Waals surface area contributed by atoms with Gasteiger partial charge in [-0.3, -0.25) is 0 Å². The molecular weight excluding hydrogens is 461 g/mol. The van der Waals surface area contributed by atoms with E-state index in [1.54, 1.807) is 0 Å². The van der Waals surface area contributed by atoms with Crippen LogP contribution in [0.5, 0.6) is 0 Å². The molecule has 0 aromatic heterocycles. The molecule has 0 N–H and O–H groups in total. The van der Waals surface area contributed by atoms with E-state index in [0.29, 0.717) is 0 Å². The second kappa shape index (κ2) is 11.8. The predicted octanol–water partition coefficient (Wildman–Crippen LogP) is 7.49. The average molecular weight is 511 g/mol. The molecule has 1 aliphatic rings. The first-order valence-electron chi connectivity index (χ1n) is 12.3. The van der Waals surface area contributed by atoms with Crippen LogP contribution in [-0.2, 0) is 20.6 Å². The molecule has 30 heavy (non-hydrogen) atoms. The lowest BCUT2D eigenvalue weighted by Gasteiger charge is -2.50. The van der Waals surface area contributed by atoms with Gasteiger partial charge in [0.2, 0.25) is 0 Å². The number of hydrogen-bond acceptors (Lipinski definition) is 5. The maximum atomic E-state index is 7.05. The predicted molar refractivity (Wildman–Crippen MR) is 139 cm³/mol. The molecule has 0 unspecified atom stereocenters. The summed E-state index contributed by atoms with van der Waals surface area (Å²) in [4.78, 5) is 0. The molecule has 5 nitrogen and oxygen atoms in total. The molecule has 10 heteroatoms. The van der Waals surface area contributed by atoms with Crippen molar-refractivity contribution in [3.8, 4) is 0 Å². The van der Waals surface area contributed by atoms with Gasteiger partial charge in [0.1, 0.15) is 0 Å². The van der Waals surface area contributed by atoms with Gasteiger partial charge in [0, 0.05) is 0 Å². The normalized spacial score (nSPS) is 41.0. The summed E-state index contributed by atoms with van der Waals surface area (Å²) in [5.74, 6) is 0. The van der Waals surface area contributed by atoms with Crippen molar-refractivity contribution < 1.29 is 20.6 Å². The van der Waals surface area contributed by atoms with E-state index < -0.39 is 42.8 Å². The van der Waals surface area contributed by atoms with Crippen LogP contribution in [-0.4, -0.2) is 42.8 Å². The van der Waals surface area contributed by atoms with Gasteiger partial charge in [0.05, 0.1) is 0 Å². The highest BCUT2D eigenvalue weighted by Gasteiger charge is 2.56. The molecule has 0 aromatic rings.